The Morgan fingerprint density at radius 2 is 1.94 bits per heavy atom. The van der Waals surface area contributed by atoms with Crippen LogP contribution >= 0.6 is 0 Å². The number of rotatable bonds is 4. The molecule has 0 fully saturated rings. The summed E-state index contributed by atoms with van der Waals surface area (Å²) >= 11 is 0. The first-order valence-electron chi connectivity index (χ1n) is 5.31. The lowest BCUT2D eigenvalue weighted by Crippen LogP contribution is -2.18. The van der Waals surface area contributed by atoms with Gasteiger partial charge in [-0.1, -0.05) is 19.8 Å². The van der Waals surface area contributed by atoms with Gasteiger partial charge in [0.15, 0.2) is 11.5 Å². The molecule has 0 aliphatic rings. The predicted molar refractivity (Wildman–Crippen MR) is 61.4 cm³/mol. The van der Waals surface area contributed by atoms with Crippen molar-refractivity contribution in [3.8, 4) is 23.8 Å². The van der Waals surface area contributed by atoms with Crippen LogP contribution in [0.5, 0.6) is 11.5 Å². The Morgan fingerprint density at radius 1 is 1.28 bits per heavy atom. The van der Waals surface area contributed by atoms with Crippen LogP contribution in [0.1, 0.15) is 19.4 Å². The molecule has 0 spiro atoms. The van der Waals surface area contributed by atoms with E-state index < -0.39 is 6.36 Å². The lowest BCUT2D eigenvalue weighted by atomic mass is 10.2. The number of hydrogen-bond donors (Lipinski definition) is 0. The van der Waals surface area contributed by atoms with Gasteiger partial charge in [-0.25, -0.2) is 0 Å². The van der Waals surface area contributed by atoms with Crippen molar-refractivity contribution in [2.24, 2.45) is 5.92 Å². The van der Waals surface area contributed by atoms with Gasteiger partial charge in [-0.15, -0.1) is 19.6 Å². The van der Waals surface area contributed by atoms with Crippen LogP contribution in [0.25, 0.3) is 0 Å². The molecule has 0 aliphatic carbocycles. The molecule has 1 aromatic carbocycles. The van der Waals surface area contributed by atoms with E-state index in [1.807, 2.05) is 13.8 Å². The average Bonchev–Trinajstić information content (AvgIpc) is 2.25. The van der Waals surface area contributed by atoms with Gasteiger partial charge in [-0.05, 0) is 24.1 Å². The molecule has 0 N–H and O–H groups in total. The Bertz CT molecular complexity index is 445. The van der Waals surface area contributed by atoms with E-state index in [9.17, 15) is 13.2 Å². The van der Waals surface area contributed by atoms with E-state index in [-0.39, 0.29) is 24.0 Å². The molecule has 18 heavy (non-hydrogen) atoms. The maximum atomic E-state index is 12.2. The second-order valence-electron chi connectivity index (χ2n) is 4.06. The number of alkyl halides is 3. The molecule has 0 heterocycles. The Kier molecular flexibility index (Phi) is 4.49. The third kappa shape index (κ3) is 4.58. The summed E-state index contributed by atoms with van der Waals surface area (Å²) < 4.78 is 45.7. The molecular weight excluding hydrogens is 245 g/mol. The number of halogens is 3. The first-order chi connectivity index (χ1) is 8.31. The van der Waals surface area contributed by atoms with Crippen molar-refractivity contribution < 1.29 is 22.6 Å². The Balaban J connectivity index is 2.97. The van der Waals surface area contributed by atoms with Gasteiger partial charge in [0.2, 0.25) is 0 Å². The van der Waals surface area contributed by atoms with Crippen molar-refractivity contribution in [3.05, 3.63) is 23.8 Å². The van der Waals surface area contributed by atoms with Crippen LogP contribution in [0.2, 0.25) is 0 Å². The van der Waals surface area contributed by atoms with Crippen molar-refractivity contribution in [1.82, 2.24) is 0 Å². The van der Waals surface area contributed by atoms with E-state index >= 15 is 0 Å². The topological polar surface area (TPSA) is 18.5 Å². The summed E-state index contributed by atoms with van der Waals surface area (Å²) in [5, 5.41) is 0. The number of hydrogen-bond acceptors (Lipinski definition) is 2. The summed E-state index contributed by atoms with van der Waals surface area (Å²) in [6.45, 7) is 4.05. The zero-order valence-corrected chi connectivity index (χ0v) is 10.0. The summed E-state index contributed by atoms with van der Waals surface area (Å²) in [5.74, 6) is 2.12. The van der Waals surface area contributed by atoms with Gasteiger partial charge >= 0.3 is 6.36 Å². The van der Waals surface area contributed by atoms with Crippen molar-refractivity contribution in [2.75, 3.05) is 6.61 Å². The fraction of sp³-hybridized carbons (Fsp3) is 0.385. The zero-order chi connectivity index (χ0) is 13.8. The molecular formula is C13H13F3O2. The fourth-order valence-corrected chi connectivity index (χ4v) is 1.18. The minimum Gasteiger partial charge on any atom is -0.489 e. The lowest BCUT2D eigenvalue weighted by Gasteiger charge is -2.15. The molecule has 0 saturated carbocycles. The first-order valence-corrected chi connectivity index (χ1v) is 5.31. The van der Waals surface area contributed by atoms with Crippen LogP contribution in [-0.2, 0) is 0 Å². The summed E-state index contributed by atoms with van der Waals surface area (Å²) in [6, 6.07) is 3.87. The van der Waals surface area contributed by atoms with Crippen molar-refractivity contribution in [2.45, 2.75) is 20.2 Å². The summed E-state index contributed by atoms with van der Waals surface area (Å²) in [6.07, 6.45) is 0.427. The van der Waals surface area contributed by atoms with Gasteiger partial charge in [-0.2, -0.15) is 0 Å². The lowest BCUT2D eigenvalue weighted by molar-refractivity contribution is -0.275. The van der Waals surface area contributed by atoms with Crippen LogP contribution in [-0.4, -0.2) is 13.0 Å². The van der Waals surface area contributed by atoms with E-state index in [1.165, 1.54) is 12.1 Å². The van der Waals surface area contributed by atoms with Crippen LogP contribution in [0.4, 0.5) is 13.2 Å². The number of ether oxygens (including phenoxy) is 2. The molecule has 0 unspecified atom stereocenters. The van der Waals surface area contributed by atoms with Gasteiger partial charge in [0, 0.05) is 5.56 Å². The Hall–Kier alpha value is -1.83. The van der Waals surface area contributed by atoms with Crippen molar-refractivity contribution >= 4 is 0 Å². The highest BCUT2D eigenvalue weighted by Crippen LogP contribution is 2.33. The van der Waals surface area contributed by atoms with E-state index in [1.54, 1.807) is 0 Å². The van der Waals surface area contributed by atoms with E-state index in [0.29, 0.717) is 5.56 Å². The highest BCUT2D eigenvalue weighted by atomic mass is 19.4. The smallest absolute Gasteiger partial charge is 0.489 e. The minimum atomic E-state index is -4.76. The molecule has 0 bridgehead atoms. The van der Waals surface area contributed by atoms with Crippen molar-refractivity contribution in [3.63, 3.8) is 0 Å². The molecule has 0 atom stereocenters. The SMILES string of the molecule is C#Cc1ccc(OC(F)(F)F)c(OCC(C)C)c1. The fourth-order valence-electron chi connectivity index (χ4n) is 1.18. The quantitative estimate of drug-likeness (QED) is 0.768. The van der Waals surface area contributed by atoms with Gasteiger partial charge in [0.05, 0.1) is 6.61 Å². The second kappa shape index (κ2) is 5.67. The zero-order valence-electron chi connectivity index (χ0n) is 10.0. The molecule has 98 valence electrons. The van der Waals surface area contributed by atoms with Crippen LogP contribution in [0.3, 0.4) is 0 Å². The summed E-state index contributed by atoms with van der Waals surface area (Å²) in [5.41, 5.74) is 0.434. The van der Waals surface area contributed by atoms with E-state index in [0.717, 1.165) is 6.07 Å². The highest BCUT2D eigenvalue weighted by molar-refractivity contribution is 5.47. The standard InChI is InChI=1S/C13H13F3O2/c1-4-10-5-6-11(18-13(14,15)16)12(7-10)17-8-9(2)3/h1,5-7,9H,8H2,2-3H3. The number of terminal acetylenes is 1. The van der Waals surface area contributed by atoms with Gasteiger partial charge < -0.3 is 9.47 Å². The van der Waals surface area contributed by atoms with E-state index in [4.69, 9.17) is 11.2 Å². The summed E-state index contributed by atoms with van der Waals surface area (Å²) in [7, 11) is 0. The van der Waals surface area contributed by atoms with Crippen LogP contribution in [0.15, 0.2) is 18.2 Å². The molecule has 0 radical (unpaired) electrons. The largest absolute Gasteiger partial charge is 0.573 e. The maximum absolute atomic E-state index is 12.2. The van der Waals surface area contributed by atoms with Gasteiger partial charge in [-0.3, -0.25) is 0 Å². The molecule has 1 aromatic rings. The molecule has 0 aliphatic heterocycles. The van der Waals surface area contributed by atoms with E-state index in [2.05, 4.69) is 10.7 Å². The molecule has 2 nitrogen and oxygen atoms in total. The monoisotopic (exact) mass is 258 g/mol. The maximum Gasteiger partial charge on any atom is 0.573 e. The molecule has 0 saturated heterocycles. The molecule has 5 heteroatoms. The van der Waals surface area contributed by atoms with Crippen LogP contribution in [0, 0.1) is 18.3 Å². The first kappa shape index (κ1) is 14.2. The third-order valence-electron chi connectivity index (χ3n) is 1.91. The normalized spacial score (nSPS) is 11.2. The minimum absolute atomic E-state index is 0.00326. The molecule has 0 amide bonds. The van der Waals surface area contributed by atoms with Crippen LogP contribution < -0.4 is 9.47 Å². The second-order valence-corrected chi connectivity index (χ2v) is 4.06. The highest BCUT2D eigenvalue weighted by Gasteiger charge is 2.32. The van der Waals surface area contributed by atoms with Gasteiger partial charge in [0.1, 0.15) is 0 Å². The van der Waals surface area contributed by atoms with Gasteiger partial charge in [0.25, 0.3) is 0 Å². The predicted octanol–water partition coefficient (Wildman–Crippen LogP) is 3.60. The summed E-state index contributed by atoms with van der Waals surface area (Å²) in [4.78, 5) is 0. The average molecular weight is 258 g/mol. The molecule has 1 rings (SSSR count). The molecule has 0 aromatic heterocycles. The number of benzene rings is 1. The third-order valence-corrected chi connectivity index (χ3v) is 1.91. The van der Waals surface area contributed by atoms with Crippen molar-refractivity contribution in [1.29, 1.82) is 0 Å². The Morgan fingerprint density at radius 3 is 2.44 bits per heavy atom. The Labute approximate surface area is 104 Å².